The van der Waals surface area contributed by atoms with Crippen LogP contribution in [0.5, 0.6) is 0 Å². The second-order valence-corrected chi connectivity index (χ2v) is 7.77. The van der Waals surface area contributed by atoms with Crippen molar-refractivity contribution in [2.75, 3.05) is 38.5 Å². The van der Waals surface area contributed by atoms with Crippen LogP contribution < -0.4 is 0 Å². The molecule has 18 heavy (non-hydrogen) atoms. The van der Waals surface area contributed by atoms with Gasteiger partial charge in [-0.1, -0.05) is 20.8 Å². The van der Waals surface area contributed by atoms with Crippen LogP contribution in [-0.2, 0) is 4.79 Å². The second kappa shape index (κ2) is 6.78. The predicted molar refractivity (Wildman–Crippen MR) is 77.3 cm³/mol. The van der Waals surface area contributed by atoms with Crippen LogP contribution >= 0.6 is 11.8 Å². The zero-order valence-electron chi connectivity index (χ0n) is 12.0. The van der Waals surface area contributed by atoms with Gasteiger partial charge in [0.2, 0.25) is 0 Å². The van der Waals surface area contributed by atoms with E-state index >= 15 is 0 Å². The van der Waals surface area contributed by atoms with Crippen LogP contribution in [-0.4, -0.2) is 70.1 Å². The van der Waals surface area contributed by atoms with Crippen molar-refractivity contribution in [3.63, 3.8) is 0 Å². The first-order valence-electron chi connectivity index (χ1n) is 6.63. The van der Waals surface area contributed by atoms with Crippen molar-refractivity contribution in [2.24, 2.45) is 0 Å². The van der Waals surface area contributed by atoms with E-state index in [9.17, 15) is 4.79 Å². The lowest BCUT2D eigenvalue weighted by atomic mass is 10.2. The Morgan fingerprint density at radius 2 is 1.83 bits per heavy atom. The summed E-state index contributed by atoms with van der Waals surface area (Å²) in [4.78, 5) is 15.4. The molecule has 1 rings (SSSR count). The lowest BCUT2D eigenvalue weighted by Gasteiger charge is -2.36. The molecule has 0 radical (unpaired) electrons. The molecule has 0 bridgehead atoms. The lowest BCUT2D eigenvalue weighted by Crippen LogP contribution is -2.52. The van der Waals surface area contributed by atoms with Gasteiger partial charge in [0.25, 0.3) is 0 Å². The molecule has 0 aromatic carbocycles. The molecular weight excluding hydrogens is 248 g/mol. The molecule has 106 valence electrons. The molecule has 0 aliphatic carbocycles. The summed E-state index contributed by atoms with van der Waals surface area (Å²) in [5.74, 6) is 0.435. The Balaban J connectivity index is 2.21. The highest BCUT2D eigenvalue weighted by Gasteiger charge is 2.25. The fourth-order valence-electron chi connectivity index (χ4n) is 2.01. The molecule has 5 heteroatoms. The van der Waals surface area contributed by atoms with Crippen molar-refractivity contribution in [3.8, 4) is 0 Å². The zero-order valence-corrected chi connectivity index (χ0v) is 12.8. The number of hydrogen-bond acceptors (Lipinski definition) is 4. The number of thioether (sulfide) groups is 1. The van der Waals surface area contributed by atoms with Gasteiger partial charge in [-0.15, -0.1) is 0 Å². The van der Waals surface area contributed by atoms with Gasteiger partial charge in [0, 0.05) is 43.2 Å². The Kier molecular flexibility index (Phi) is 5.95. The van der Waals surface area contributed by atoms with Gasteiger partial charge in [0.15, 0.2) is 0 Å². The van der Waals surface area contributed by atoms with E-state index in [-0.39, 0.29) is 6.04 Å². The van der Waals surface area contributed by atoms with Gasteiger partial charge in [0.05, 0.1) is 0 Å². The third kappa shape index (κ3) is 5.59. The minimum absolute atomic E-state index is 0.333. The van der Waals surface area contributed by atoms with Crippen molar-refractivity contribution in [2.45, 2.75) is 38.5 Å². The summed E-state index contributed by atoms with van der Waals surface area (Å²) in [5.41, 5.74) is 0. The highest BCUT2D eigenvalue weighted by Crippen LogP contribution is 2.22. The van der Waals surface area contributed by atoms with Crippen molar-refractivity contribution < 1.29 is 9.90 Å². The molecule has 1 N–H and O–H groups in total. The first kappa shape index (κ1) is 15.8. The molecule has 1 fully saturated rings. The zero-order chi connectivity index (χ0) is 13.8. The molecule has 1 saturated heterocycles. The average Bonchev–Trinajstić information content (AvgIpc) is 2.27. The van der Waals surface area contributed by atoms with Crippen LogP contribution in [0.1, 0.15) is 27.7 Å². The average molecular weight is 274 g/mol. The van der Waals surface area contributed by atoms with E-state index in [1.807, 2.05) is 11.8 Å². The van der Waals surface area contributed by atoms with E-state index in [1.54, 1.807) is 6.92 Å². The van der Waals surface area contributed by atoms with Crippen molar-refractivity contribution >= 4 is 17.7 Å². The smallest absolute Gasteiger partial charge is 0.320 e. The fraction of sp³-hybridized carbons (Fsp3) is 0.923. The highest BCUT2D eigenvalue weighted by atomic mass is 32.2. The topological polar surface area (TPSA) is 43.8 Å². The number of rotatable bonds is 5. The summed E-state index contributed by atoms with van der Waals surface area (Å²) < 4.78 is 0.333. The summed E-state index contributed by atoms with van der Waals surface area (Å²) >= 11 is 1.99. The molecule has 1 unspecified atom stereocenters. The maximum absolute atomic E-state index is 10.9. The number of carboxylic acids is 1. The molecule has 1 aliphatic rings. The molecule has 1 heterocycles. The van der Waals surface area contributed by atoms with Crippen LogP contribution in [0.3, 0.4) is 0 Å². The summed E-state index contributed by atoms with van der Waals surface area (Å²) in [6, 6.07) is -0.351. The highest BCUT2D eigenvalue weighted by molar-refractivity contribution is 8.00. The summed E-state index contributed by atoms with van der Waals surface area (Å²) in [6.07, 6.45) is 0. The van der Waals surface area contributed by atoms with Gasteiger partial charge in [-0.05, 0) is 6.92 Å². The maximum Gasteiger partial charge on any atom is 0.320 e. The normalized spacial score (nSPS) is 20.9. The monoisotopic (exact) mass is 274 g/mol. The molecule has 0 amide bonds. The Labute approximate surface area is 115 Å². The maximum atomic E-state index is 10.9. The van der Waals surface area contributed by atoms with Gasteiger partial charge >= 0.3 is 5.97 Å². The Hall–Kier alpha value is -0.260. The van der Waals surface area contributed by atoms with Gasteiger partial charge in [0.1, 0.15) is 6.04 Å². The summed E-state index contributed by atoms with van der Waals surface area (Å²) in [6.45, 7) is 13.3. The number of aliphatic carboxylic acids is 1. The van der Waals surface area contributed by atoms with Crippen LogP contribution in [0.25, 0.3) is 0 Å². The SMILES string of the molecule is CC(C(=O)O)N1CCN(CCSC(C)(C)C)CC1. The third-order valence-corrected chi connectivity index (χ3v) is 4.51. The van der Waals surface area contributed by atoms with Crippen LogP contribution in [0.15, 0.2) is 0 Å². The summed E-state index contributed by atoms with van der Waals surface area (Å²) in [5, 5.41) is 8.97. The Morgan fingerprint density at radius 3 is 2.28 bits per heavy atom. The molecule has 1 atom stereocenters. The van der Waals surface area contributed by atoms with E-state index in [0.717, 1.165) is 38.5 Å². The van der Waals surface area contributed by atoms with Crippen molar-refractivity contribution in [1.82, 2.24) is 9.80 Å². The van der Waals surface area contributed by atoms with Gasteiger partial charge in [-0.25, -0.2) is 0 Å². The van der Waals surface area contributed by atoms with Gasteiger partial charge < -0.3 is 5.11 Å². The number of carbonyl (C=O) groups is 1. The molecule has 4 nitrogen and oxygen atoms in total. The van der Waals surface area contributed by atoms with Crippen LogP contribution in [0.2, 0.25) is 0 Å². The van der Waals surface area contributed by atoms with E-state index in [2.05, 4.69) is 30.6 Å². The number of hydrogen-bond donors (Lipinski definition) is 1. The minimum atomic E-state index is -0.716. The van der Waals surface area contributed by atoms with Crippen molar-refractivity contribution in [3.05, 3.63) is 0 Å². The molecule has 0 aromatic heterocycles. The summed E-state index contributed by atoms with van der Waals surface area (Å²) in [7, 11) is 0. The molecule has 0 saturated carbocycles. The van der Waals surface area contributed by atoms with Crippen LogP contribution in [0, 0.1) is 0 Å². The van der Waals surface area contributed by atoms with Crippen molar-refractivity contribution in [1.29, 1.82) is 0 Å². The fourth-order valence-corrected chi connectivity index (χ4v) is 2.97. The first-order valence-corrected chi connectivity index (χ1v) is 7.61. The van der Waals surface area contributed by atoms with E-state index in [1.165, 1.54) is 0 Å². The third-order valence-electron chi connectivity index (χ3n) is 3.25. The molecule has 0 spiro atoms. The van der Waals surface area contributed by atoms with E-state index < -0.39 is 5.97 Å². The number of nitrogens with zero attached hydrogens (tertiary/aromatic N) is 2. The Bertz CT molecular complexity index is 271. The van der Waals surface area contributed by atoms with Crippen LogP contribution in [0.4, 0.5) is 0 Å². The molecular formula is C13H26N2O2S. The predicted octanol–water partition coefficient (Wildman–Crippen LogP) is 1.61. The lowest BCUT2D eigenvalue weighted by molar-refractivity contribution is -0.143. The quantitative estimate of drug-likeness (QED) is 0.825. The second-order valence-electron chi connectivity index (χ2n) is 5.85. The molecule has 1 aliphatic heterocycles. The number of piperazine rings is 1. The van der Waals surface area contributed by atoms with E-state index in [0.29, 0.717) is 4.75 Å². The largest absolute Gasteiger partial charge is 0.480 e. The molecule has 0 aromatic rings. The Morgan fingerprint density at radius 1 is 1.28 bits per heavy atom. The van der Waals surface area contributed by atoms with E-state index in [4.69, 9.17) is 5.11 Å². The number of carboxylic acid groups (broad SMARTS) is 1. The van der Waals surface area contributed by atoms with Gasteiger partial charge in [-0.2, -0.15) is 11.8 Å². The minimum Gasteiger partial charge on any atom is -0.480 e. The first-order chi connectivity index (χ1) is 8.29. The van der Waals surface area contributed by atoms with Gasteiger partial charge in [-0.3, -0.25) is 14.6 Å². The standard InChI is InChI=1S/C13H26N2O2S/c1-11(12(16)17)15-7-5-14(6-8-15)9-10-18-13(2,3)4/h11H,5-10H2,1-4H3,(H,16,17).